The van der Waals surface area contributed by atoms with Crippen LogP contribution < -0.4 is 0 Å². The zero-order valence-electron chi connectivity index (χ0n) is 37.6. The fraction of sp³-hybridized carbons (Fsp3) is 0.545. The average Bonchev–Trinajstić information content (AvgIpc) is 3.15. The van der Waals surface area contributed by atoms with Crippen molar-refractivity contribution in [2.75, 3.05) is 61.0 Å². The molecule has 0 bridgehead atoms. The fourth-order valence-corrected chi connectivity index (χ4v) is 4.57. The van der Waals surface area contributed by atoms with E-state index in [1.54, 1.807) is 30.3 Å². The smallest absolute Gasteiger partial charge is 0.326 e. The summed E-state index contributed by atoms with van der Waals surface area (Å²) in [5.41, 5.74) is 1.96. The van der Waals surface area contributed by atoms with Crippen LogP contribution in [0.2, 0.25) is 0 Å². The molecule has 0 aliphatic carbocycles. The zero-order chi connectivity index (χ0) is 46.1. The first kappa shape index (κ1) is 54.2. The van der Waals surface area contributed by atoms with E-state index < -0.39 is 98.6 Å². The van der Waals surface area contributed by atoms with Gasteiger partial charge in [0.2, 0.25) is 0 Å². The minimum Gasteiger partial charge on any atom is -0.454 e. The molecule has 1 heterocycles. The zero-order valence-corrected chi connectivity index (χ0v) is 37.6. The second-order valence-electron chi connectivity index (χ2n) is 15.5. The van der Waals surface area contributed by atoms with E-state index in [1.807, 2.05) is 18.2 Å². The van der Waals surface area contributed by atoms with Gasteiger partial charge in [-0.3, -0.25) is 38.4 Å². The third-order valence-electron chi connectivity index (χ3n) is 7.44. The summed E-state index contributed by atoms with van der Waals surface area (Å²) in [5.74, 6) is -5.20. The quantitative estimate of drug-likeness (QED) is 0.316. The second kappa shape index (κ2) is 28.6. The minimum atomic E-state index is -1.40. The Morgan fingerprint density at radius 3 is 1.27 bits per heavy atom. The Morgan fingerprint density at radius 2 is 0.867 bits per heavy atom. The molecule has 60 heavy (non-hydrogen) atoms. The van der Waals surface area contributed by atoms with E-state index in [-0.39, 0.29) is 6.42 Å². The monoisotopic (exact) mass is 842 g/mol. The van der Waals surface area contributed by atoms with Crippen LogP contribution in [-0.2, 0) is 63.7 Å². The standard InChI is InChI=1S/C29H38N4O12.C7H8.2C4H10/c1-18-27(39)31(4)13-23(35)42-17-22(34)30(3)14-24(36)43-19(2)28(40)32(5)16-26(38)45-21(12-20-10-8-7-9-11-20)29(41)33(6)15-25(37)44-18;1-7-5-3-2-4-6-7;2*1-4(2)3/h7-11,18-19,21H,12-17H2,1-6H3;2-6H,1H3;2*4H,1-3H3/t18-,19-,21-;;;/m1.../s1. The molecule has 0 spiro atoms. The van der Waals surface area contributed by atoms with Crippen LogP contribution in [-0.4, -0.2) is 146 Å². The van der Waals surface area contributed by atoms with Gasteiger partial charge in [0.1, 0.15) is 26.2 Å². The lowest BCUT2D eigenvalue weighted by Crippen LogP contribution is -2.46. The first-order valence-corrected chi connectivity index (χ1v) is 19.7. The van der Waals surface area contributed by atoms with E-state index in [2.05, 4.69) is 60.6 Å². The van der Waals surface area contributed by atoms with Gasteiger partial charge < -0.3 is 38.5 Å². The van der Waals surface area contributed by atoms with Crippen LogP contribution in [0.25, 0.3) is 0 Å². The summed E-state index contributed by atoms with van der Waals surface area (Å²) in [7, 11) is 5.03. The molecule has 3 atom stereocenters. The van der Waals surface area contributed by atoms with Crippen molar-refractivity contribution in [1.82, 2.24) is 19.6 Å². The summed E-state index contributed by atoms with van der Waals surface area (Å²) in [6.07, 6.45) is -4.15. The number of amides is 4. The number of rotatable bonds is 2. The number of hydrogen-bond donors (Lipinski definition) is 0. The molecule has 4 amide bonds. The molecule has 0 radical (unpaired) electrons. The highest BCUT2D eigenvalue weighted by atomic mass is 16.6. The molecule has 16 heteroatoms. The molecule has 0 saturated carbocycles. The van der Waals surface area contributed by atoms with Crippen molar-refractivity contribution in [3.05, 3.63) is 71.8 Å². The molecule has 2 aromatic carbocycles. The maximum Gasteiger partial charge on any atom is 0.326 e. The first-order valence-electron chi connectivity index (χ1n) is 19.7. The van der Waals surface area contributed by atoms with Gasteiger partial charge in [-0.1, -0.05) is 108 Å². The molecular formula is C44H66N4O12. The third kappa shape index (κ3) is 24.2. The molecule has 1 aliphatic heterocycles. The third-order valence-corrected chi connectivity index (χ3v) is 7.44. The van der Waals surface area contributed by atoms with Gasteiger partial charge in [-0.05, 0) is 38.2 Å². The van der Waals surface area contributed by atoms with Gasteiger partial charge in [-0.25, -0.2) is 0 Å². The Labute approximate surface area is 355 Å². The van der Waals surface area contributed by atoms with Crippen LogP contribution in [0, 0.1) is 18.8 Å². The highest BCUT2D eigenvalue weighted by Gasteiger charge is 2.31. The van der Waals surface area contributed by atoms with Crippen molar-refractivity contribution in [3.8, 4) is 0 Å². The van der Waals surface area contributed by atoms with Gasteiger partial charge in [0.25, 0.3) is 23.6 Å². The number of carbonyl (C=O) groups is 8. The van der Waals surface area contributed by atoms with E-state index in [0.717, 1.165) is 31.4 Å². The fourth-order valence-electron chi connectivity index (χ4n) is 4.57. The number of esters is 4. The molecular weight excluding hydrogens is 776 g/mol. The van der Waals surface area contributed by atoms with E-state index in [1.165, 1.54) is 47.6 Å². The molecule has 0 unspecified atom stereocenters. The predicted molar refractivity (Wildman–Crippen MR) is 225 cm³/mol. The second-order valence-corrected chi connectivity index (χ2v) is 15.5. The van der Waals surface area contributed by atoms with Crippen LogP contribution in [0.5, 0.6) is 0 Å². The van der Waals surface area contributed by atoms with Crippen molar-refractivity contribution in [2.24, 2.45) is 11.8 Å². The van der Waals surface area contributed by atoms with Crippen LogP contribution in [0.1, 0.15) is 66.5 Å². The number of carbonyl (C=O) groups excluding carboxylic acids is 8. The van der Waals surface area contributed by atoms with Gasteiger partial charge in [0.05, 0.1) is 0 Å². The maximum atomic E-state index is 13.3. The van der Waals surface area contributed by atoms with Crippen LogP contribution >= 0.6 is 0 Å². The highest BCUT2D eigenvalue weighted by molar-refractivity contribution is 5.91. The topological polar surface area (TPSA) is 186 Å². The van der Waals surface area contributed by atoms with Crippen molar-refractivity contribution >= 4 is 47.5 Å². The Bertz CT molecular complexity index is 1660. The van der Waals surface area contributed by atoms with E-state index in [9.17, 15) is 38.4 Å². The summed E-state index contributed by atoms with van der Waals surface area (Å²) in [5, 5.41) is 0. The SMILES string of the molecule is CC(C)C.CC(C)C.C[C@H]1OC(=O)CN(C)C(=O)[C@@H](Cc2ccccc2)OC(=O)CN(C)C(=O)[C@@H](C)OC(=O)CN(C)C(=O)COC(=O)CN(C)C1=O.Cc1ccccc1. The summed E-state index contributed by atoms with van der Waals surface area (Å²) >= 11 is 0. The lowest BCUT2D eigenvalue weighted by molar-refractivity contribution is -0.167. The van der Waals surface area contributed by atoms with Gasteiger partial charge in [-0.15, -0.1) is 0 Å². The Balaban J connectivity index is 0.00000195. The number of hydrogen-bond acceptors (Lipinski definition) is 12. The van der Waals surface area contributed by atoms with Gasteiger partial charge in [-0.2, -0.15) is 0 Å². The molecule has 3 rings (SSSR count). The van der Waals surface area contributed by atoms with Gasteiger partial charge >= 0.3 is 23.9 Å². The lowest BCUT2D eigenvalue weighted by Gasteiger charge is -2.26. The van der Waals surface area contributed by atoms with Gasteiger partial charge in [0.15, 0.2) is 24.9 Å². The first-order chi connectivity index (χ1) is 27.9. The molecule has 1 fully saturated rings. The maximum absolute atomic E-state index is 13.3. The van der Waals surface area contributed by atoms with E-state index >= 15 is 0 Å². The number of cyclic esters (lactones) is 4. The largest absolute Gasteiger partial charge is 0.454 e. The number of nitrogens with zero attached hydrogens (tertiary/aromatic N) is 4. The summed E-state index contributed by atoms with van der Waals surface area (Å²) < 4.78 is 20.6. The summed E-state index contributed by atoms with van der Waals surface area (Å²) in [6.45, 7) is 14.5. The Hall–Kier alpha value is -5.80. The number of likely N-dealkylation sites (N-methyl/N-ethyl adjacent to an activating group) is 4. The van der Waals surface area contributed by atoms with Crippen LogP contribution in [0.4, 0.5) is 0 Å². The summed E-state index contributed by atoms with van der Waals surface area (Å²) in [6, 6.07) is 18.9. The van der Waals surface area contributed by atoms with Crippen molar-refractivity contribution in [1.29, 1.82) is 0 Å². The summed E-state index contributed by atoms with van der Waals surface area (Å²) in [4.78, 5) is 105. The number of ether oxygens (including phenoxy) is 4. The highest BCUT2D eigenvalue weighted by Crippen LogP contribution is 2.11. The van der Waals surface area contributed by atoms with Crippen molar-refractivity contribution in [3.63, 3.8) is 0 Å². The molecule has 1 saturated heterocycles. The van der Waals surface area contributed by atoms with E-state index in [4.69, 9.17) is 18.9 Å². The lowest BCUT2D eigenvalue weighted by atomic mass is 10.1. The predicted octanol–water partition coefficient (Wildman–Crippen LogP) is 3.71. The molecule has 1 aliphatic rings. The number of aryl methyl sites for hydroxylation is 1. The van der Waals surface area contributed by atoms with Crippen LogP contribution in [0.3, 0.4) is 0 Å². The molecule has 334 valence electrons. The van der Waals surface area contributed by atoms with E-state index in [0.29, 0.717) is 5.56 Å². The Kier molecular flexibility index (Phi) is 25.8. The molecule has 2 aromatic rings. The van der Waals surface area contributed by atoms with Crippen molar-refractivity contribution in [2.45, 2.75) is 87.0 Å². The van der Waals surface area contributed by atoms with Gasteiger partial charge in [0, 0.05) is 34.6 Å². The van der Waals surface area contributed by atoms with Crippen LogP contribution in [0.15, 0.2) is 60.7 Å². The Morgan fingerprint density at radius 1 is 0.517 bits per heavy atom. The number of benzene rings is 2. The normalized spacial score (nSPS) is 19.6. The molecule has 16 nitrogen and oxygen atoms in total. The molecule has 0 aromatic heterocycles. The minimum absolute atomic E-state index is 0.0570. The van der Waals surface area contributed by atoms with Crippen molar-refractivity contribution < 1.29 is 57.3 Å². The average molecular weight is 843 g/mol. The molecule has 0 N–H and O–H groups in total.